The monoisotopic (exact) mass is 341 g/mol. The van der Waals surface area contributed by atoms with Gasteiger partial charge in [0, 0.05) is 6.07 Å². The van der Waals surface area contributed by atoms with E-state index in [2.05, 4.69) is 9.46 Å². The Kier molecular flexibility index (Phi) is 4.65. The van der Waals surface area contributed by atoms with Crippen LogP contribution in [0.5, 0.6) is 0 Å². The molecule has 122 valence electrons. The van der Waals surface area contributed by atoms with E-state index in [1.165, 1.54) is 12.1 Å². The number of halogens is 2. The molecular weight excluding hydrogens is 328 g/mol. The van der Waals surface area contributed by atoms with Crippen LogP contribution in [0.1, 0.15) is 15.9 Å². The summed E-state index contributed by atoms with van der Waals surface area (Å²) in [4.78, 5) is 11.5. The zero-order valence-corrected chi connectivity index (χ0v) is 13.1. The van der Waals surface area contributed by atoms with E-state index in [-0.39, 0.29) is 4.90 Å². The molecule has 0 aliphatic heterocycles. The quantitative estimate of drug-likeness (QED) is 0.868. The Bertz CT molecular complexity index is 849. The minimum Gasteiger partial charge on any atom is -0.465 e. The molecule has 1 N–H and O–H groups in total. The van der Waals surface area contributed by atoms with Gasteiger partial charge in [0.05, 0.1) is 23.3 Å². The van der Waals surface area contributed by atoms with E-state index in [0.29, 0.717) is 12.1 Å². The van der Waals surface area contributed by atoms with E-state index < -0.39 is 38.9 Å². The molecule has 23 heavy (non-hydrogen) atoms. The molecule has 0 unspecified atom stereocenters. The fourth-order valence-corrected chi connectivity index (χ4v) is 2.90. The van der Waals surface area contributed by atoms with E-state index in [4.69, 9.17) is 0 Å². The van der Waals surface area contributed by atoms with Crippen molar-refractivity contribution in [3.63, 3.8) is 0 Å². The van der Waals surface area contributed by atoms with Crippen molar-refractivity contribution >= 4 is 21.7 Å². The van der Waals surface area contributed by atoms with Crippen LogP contribution in [0, 0.1) is 18.6 Å². The number of carbonyl (C=O) groups is 1. The second-order valence-electron chi connectivity index (χ2n) is 4.72. The summed E-state index contributed by atoms with van der Waals surface area (Å²) in [5.41, 5.74) is 0.0189. The summed E-state index contributed by atoms with van der Waals surface area (Å²) in [6, 6.07) is 7.05. The maximum Gasteiger partial charge on any atom is 0.340 e. The predicted octanol–water partition coefficient (Wildman–Crippen LogP) is 2.86. The number of hydrogen-bond donors (Lipinski definition) is 1. The molecule has 0 saturated heterocycles. The van der Waals surface area contributed by atoms with E-state index in [0.717, 1.165) is 12.7 Å². The molecule has 0 aliphatic carbocycles. The van der Waals surface area contributed by atoms with Gasteiger partial charge in [-0.05, 0) is 25.1 Å². The van der Waals surface area contributed by atoms with Crippen LogP contribution in [0.4, 0.5) is 14.5 Å². The second-order valence-corrected chi connectivity index (χ2v) is 6.40. The third-order valence-corrected chi connectivity index (χ3v) is 4.42. The smallest absolute Gasteiger partial charge is 0.340 e. The van der Waals surface area contributed by atoms with Crippen molar-refractivity contribution in [1.82, 2.24) is 0 Å². The van der Waals surface area contributed by atoms with Gasteiger partial charge in [-0.25, -0.2) is 22.0 Å². The molecule has 0 bridgehead atoms. The highest BCUT2D eigenvalue weighted by Crippen LogP contribution is 2.24. The molecule has 0 heterocycles. The van der Waals surface area contributed by atoms with Gasteiger partial charge in [-0.15, -0.1) is 0 Å². The number of carbonyl (C=O) groups excluding carboxylic acids is 1. The van der Waals surface area contributed by atoms with Gasteiger partial charge in [0.15, 0.2) is 11.6 Å². The minimum atomic E-state index is -4.07. The first-order valence-corrected chi connectivity index (χ1v) is 7.90. The lowest BCUT2D eigenvalue weighted by Gasteiger charge is -2.12. The third-order valence-electron chi connectivity index (χ3n) is 3.04. The van der Waals surface area contributed by atoms with E-state index in [1.54, 1.807) is 19.1 Å². The number of ether oxygens (including phenoxy) is 1. The lowest BCUT2D eigenvalue weighted by atomic mass is 10.2. The molecule has 0 saturated carbocycles. The van der Waals surface area contributed by atoms with Gasteiger partial charge in [0.2, 0.25) is 0 Å². The van der Waals surface area contributed by atoms with Gasteiger partial charge in [-0.2, -0.15) is 0 Å². The molecule has 0 amide bonds. The van der Waals surface area contributed by atoms with E-state index in [9.17, 15) is 22.0 Å². The fraction of sp³-hybridized carbons (Fsp3) is 0.133. The number of anilines is 1. The summed E-state index contributed by atoms with van der Waals surface area (Å²) in [5, 5.41) is 0. The molecule has 0 radical (unpaired) electrons. The molecule has 2 aromatic rings. The Morgan fingerprint density at radius 1 is 1.09 bits per heavy atom. The maximum absolute atomic E-state index is 13.4. The SMILES string of the molecule is COC(=O)c1cc(F)c(F)cc1NS(=O)(=O)c1ccc(C)cc1. The fourth-order valence-electron chi connectivity index (χ4n) is 1.83. The minimum absolute atomic E-state index is 0.0800. The molecule has 0 spiro atoms. The van der Waals surface area contributed by atoms with Crippen LogP contribution < -0.4 is 4.72 Å². The van der Waals surface area contributed by atoms with Crippen molar-refractivity contribution in [2.24, 2.45) is 0 Å². The van der Waals surface area contributed by atoms with Crippen molar-refractivity contribution in [3.8, 4) is 0 Å². The summed E-state index contributed by atoms with van der Waals surface area (Å²) in [6.45, 7) is 1.79. The largest absolute Gasteiger partial charge is 0.465 e. The first-order chi connectivity index (χ1) is 10.7. The van der Waals surface area contributed by atoms with Gasteiger partial charge < -0.3 is 4.74 Å². The standard InChI is InChI=1S/C15H13F2NO4S/c1-9-3-5-10(6-4-9)23(20,21)18-14-8-13(17)12(16)7-11(14)15(19)22-2/h3-8,18H,1-2H3. The van der Waals surface area contributed by atoms with Gasteiger partial charge in [0.1, 0.15) is 0 Å². The van der Waals surface area contributed by atoms with Gasteiger partial charge >= 0.3 is 5.97 Å². The Labute approximate surface area is 132 Å². The molecule has 0 aromatic heterocycles. The van der Waals surface area contributed by atoms with Crippen molar-refractivity contribution in [3.05, 3.63) is 59.2 Å². The van der Waals surface area contributed by atoms with Gasteiger partial charge in [-0.1, -0.05) is 17.7 Å². The topological polar surface area (TPSA) is 72.5 Å². The Balaban J connectivity index is 2.48. The number of rotatable bonds is 4. The molecule has 0 atom stereocenters. The number of aryl methyl sites for hydroxylation is 1. The van der Waals surface area contributed by atoms with Crippen LogP contribution in [0.3, 0.4) is 0 Å². The van der Waals surface area contributed by atoms with Crippen molar-refractivity contribution < 1.29 is 26.7 Å². The highest BCUT2D eigenvalue weighted by Gasteiger charge is 2.21. The summed E-state index contributed by atoms with van der Waals surface area (Å²) in [7, 11) is -3.03. The van der Waals surface area contributed by atoms with Crippen LogP contribution in [0.25, 0.3) is 0 Å². The number of methoxy groups -OCH3 is 1. The Hall–Kier alpha value is -2.48. The molecule has 8 heteroatoms. The maximum atomic E-state index is 13.4. The lowest BCUT2D eigenvalue weighted by Crippen LogP contribution is -2.17. The summed E-state index contributed by atoms with van der Waals surface area (Å²) in [6.07, 6.45) is 0. The highest BCUT2D eigenvalue weighted by molar-refractivity contribution is 7.92. The number of sulfonamides is 1. The van der Waals surface area contributed by atoms with Crippen LogP contribution in [-0.4, -0.2) is 21.5 Å². The number of hydrogen-bond acceptors (Lipinski definition) is 4. The summed E-state index contributed by atoms with van der Waals surface area (Å²) >= 11 is 0. The van der Waals surface area contributed by atoms with Crippen LogP contribution in [0.15, 0.2) is 41.3 Å². The molecular formula is C15H13F2NO4S. The number of esters is 1. The lowest BCUT2D eigenvalue weighted by molar-refractivity contribution is 0.0601. The molecule has 2 rings (SSSR count). The molecule has 5 nitrogen and oxygen atoms in total. The molecule has 0 fully saturated rings. The first-order valence-electron chi connectivity index (χ1n) is 6.41. The van der Waals surface area contributed by atoms with E-state index >= 15 is 0 Å². The Morgan fingerprint density at radius 3 is 2.22 bits per heavy atom. The van der Waals surface area contributed by atoms with Crippen LogP contribution in [0.2, 0.25) is 0 Å². The summed E-state index contributed by atoms with van der Waals surface area (Å²) in [5.74, 6) is -3.58. The van der Waals surface area contributed by atoms with Crippen molar-refractivity contribution in [2.75, 3.05) is 11.8 Å². The van der Waals surface area contributed by atoms with Crippen LogP contribution in [-0.2, 0) is 14.8 Å². The number of benzene rings is 2. The first kappa shape index (κ1) is 16.9. The average Bonchev–Trinajstić information content (AvgIpc) is 2.50. The van der Waals surface area contributed by atoms with Crippen molar-refractivity contribution in [1.29, 1.82) is 0 Å². The number of nitrogens with one attached hydrogen (secondary N) is 1. The zero-order valence-electron chi connectivity index (χ0n) is 12.3. The summed E-state index contributed by atoms with van der Waals surface area (Å²) < 4.78 is 57.8. The highest BCUT2D eigenvalue weighted by atomic mass is 32.2. The molecule has 0 aliphatic rings. The van der Waals surface area contributed by atoms with Crippen molar-refractivity contribution in [2.45, 2.75) is 11.8 Å². The predicted molar refractivity (Wildman–Crippen MR) is 79.7 cm³/mol. The second kappa shape index (κ2) is 6.33. The van der Waals surface area contributed by atoms with Gasteiger partial charge in [-0.3, -0.25) is 4.72 Å². The molecule has 2 aromatic carbocycles. The zero-order chi connectivity index (χ0) is 17.2. The van der Waals surface area contributed by atoms with Gasteiger partial charge in [0.25, 0.3) is 10.0 Å². The van der Waals surface area contributed by atoms with Crippen LogP contribution >= 0.6 is 0 Å². The average molecular weight is 341 g/mol. The van der Waals surface area contributed by atoms with E-state index in [1.807, 2.05) is 0 Å². The normalized spacial score (nSPS) is 11.1. The third kappa shape index (κ3) is 3.65. The Morgan fingerprint density at radius 2 is 1.65 bits per heavy atom.